The lowest BCUT2D eigenvalue weighted by Gasteiger charge is -2.09. The first kappa shape index (κ1) is 16.0. The number of nitrogens with one attached hydrogen (secondary N) is 1. The van der Waals surface area contributed by atoms with Crippen molar-refractivity contribution in [1.29, 1.82) is 0 Å². The summed E-state index contributed by atoms with van der Waals surface area (Å²) in [6.45, 7) is 10.0. The summed E-state index contributed by atoms with van der Waals surface area (Å²) in [5, 5.41) is 6.56. The van der Waals surface area contributed by atoms with Crippen molar-refractivity contribution in [3.05, 3.63) is 45.9 Å². The van der Waals surface area contributed by atoms with Gasteiger partial charge in [0, 0.05) is 18.0 Å². The summed E-state index contributed by atoms with van der Waals surface area (Å²) < 4.78 is 5.85. The van der Waals surface area contributed by atoms with E-state index in [1.54, 1.807) is 11.3 Å². The maximum Gasteiger partial charge on any atom is 0.131 e. The molecular weight excluding hydrogens is 280 g/mol. The van der Waals surface area contributed by atoms with Gasteiger partial charge in [0.1, 0.15) is 17.4 Å². The number of hydrogen-bond acceptors (Lipinski definition) is 4. The molecule has 0 saturated heterocycles. The molecule has 0 aliphatic carbocycles. The van der Waals surface area contributed by atoms with Crippen LogP contribution in [0.2, 0.25) is 0 Å². The van der Waals surface area contributed by atoms with Crippen LogP contribution in [-0.4, -0.2) is 11.0 Å². The third-order valence-electron chi connectivity index (χ3n) is 3.17. The second-order valence-corrected chi connectivity index (χ2v) is 6.73. The van der Waals surface area contributed by atoms with Crippen LogP contribution < -0.4 is 10.1 Å². The van der Waals surface area contributed by atoms with Gasteiger partial charge in [-0.15, -0.1) is 11.3 Å². The molecule has 3 nitrogen and oxygen atoms in total. The average Bonchev–Trinajstić information content (AvgIpc) is 2.91. The molecule has 0 saturated carbocycles. The van der Waals surface area contributed by atoms with Crippen LogP contribution in [0.3, 0.4) is 0 Å². The Balaban J connectivity index is 1.89. The number of hydrogen-bond donors (Lipinski definition) is 1. The molecule has 2 rings (SSSR count). The first-order chi connectivity index (χ1) is 10.0. The molecule has 0 spiro atoms. The number of ether oxygens (including phenoxy) is 1. The number of thiazole rings is 1. The van der Waals surface area contributed by atoms with E-state index >= 15 is 0 Å². The van der Waals surface area contributed by atoms with E-state index in [2.05, 4.69) is 55.5 Å². The van der Waals surface area contributed by atoms with Crippen LogP contribution in [0.4, 0.5) is 0 Å². The van der Waals surface area contributed by atoms with Crippen LogP contribution in [-0.2, 0) is 13.2 Å². The molecule has 1 aromatic heterocycles. The van der Waals surface area contributed by atoms with E-state index in [4.69, 9.17) is 4.74 Å². The van der Waals surface area contributed by atoms with E-state index in [9.17, 15) is 0 Å². The summed E-state index contributed by atoms with van der Waals surface area (Å²) in [7, 11) is 0. The van der Waals surface area contributed by atoms with E-state index in [-0.39, 0.29) is 0 Å². The molecule has 1 heterocycles. The van der Waals surface area contributed by atoms with Gasteiger partial charge in [-0.05, 0) is 23.6 Å². The first-order valence-corrected chi connectivity index (χ1v) is 8.32. The zero-order valence-corrected chi connectivity index (χ0v) is 14.0. The SMILES string of the molecule is CC(C)NCc1nc(COc2cccc(C(C)C)c2)cs1. The van der Waals surface area contributed by atoms with Crippen molar-refractivity contribution in [3.63, 3.8) is 0 Å². The Morgan fingerprint density at radius 3 is 2.76 bits per heavy atom. The van der Waals surface area contributed by atoms with Crippen molar-refractivity contribution in [2.75, 3.05) is 0 Å². The topological polar surface area (TPSA) is 34.2 Å². The minimum absolute atomic E-state index is 0.479. The minimum atomic E-state index is 0.479. The smallest absolute Gasteiger partial charge is 0.131 e. The van der Waals surface area contributed by atoms with Crippen molar-refractivity contribution in [1.82, 2.24) is 10.3 Å². The third kappa shape index (κ3) is 5.14. The molecular formula is C17H24N2OS. The largest absolute Gasteiger partial charge is 0.487 e. The van der Waals surface area contributed by atoms with Crippen LogP contribution in [0.1, 0.15) is 49.9 Å². The fraction of sp³-hybridized carbons (Fsp3) is 0.471. The number of benzene rings is 1. The van der Waals surface area contributed by atoms with Crippen LogP contribution in [0.15, 0.2) is 29.6 Å². The first-order valence-electron chi connectivity index (χ1n) is 7.44. The van der Waals surface area contributed by atoms with Crippen LogP contribution in [0.5, 0.6) is 5.75 Å². The molecule has 0 fully saturated rings. The number of nitrogens with zero attached hydrogens (tertiary/aromatic N) is 1. The Morgan fingerprint density at radius 1 is 1.24 bits per heavy atom. The zero-order valence-electron chi connectivity index (χ0n) is 13.2. The molecule has 21 heavy (non-hydrogen) atoms. The molecule has 0 bridgehead atoms. The highest BCUT2D eigenvalue weighted by atomic mass is 32.1. The predicted molar refractivity (Wildman–Crippen MR) is 89.0 cm³/mol. The molecule has 0 amide bonds. The van der Waals surface area contributed by atoms with E-state index in [1.165, 1.54) is 5.56 Å². The van der Waals surface area contributed by atoms with Gasteiger partial charge in [-0.3, -0.25) is 0 Å². The molecule has 0 aliphatic rings. The van der Waals surface area contributed by atoms with Gasteiger partial charge in [0.05, 0.1) is 5.69 Å². The Bertz CT molecular complexity index is 563. The summed E-state index contributed by atoms with van der Waals surface area (Å²) in [6.07, 6.45) is 0. The summed E-state index contributed by atoms with van der Waals surface area (Å²) in [5.41, 5.74) is 2.29. The second kappa shape index (κ2) is 7.57. The van der Waals surface area contributed by atoms with Gasteiger partial charge in [-0.2, -0.15) is 0 Å². The van der Waals surface area contributed by atoms with Crippen LogP contribution in [0.25, 0.3) is 0 Å². The zero-order chi connectivity index (χ0) is 15.2. The van der Waals surface area contributed by atoms with E-state index < -0.39 is 0 Å². The highest BCUT2D eigenvalue weighted by Crippen LogP contribution is 2.21. The van der Waals surface area contributed by atoms with Crippen molar-refractivity contribution >= 4 is 11.3 Å². The second-order valence-electron chi connectivity index (χ2n) is 5.78. The highest BCUT2D eigenvalue weighted by Gasteiger charge is 2.05. The van der Waals surface area contributed by atoms with Gasteiger partial charge in [0.25, 0.3) is 0 Å². The standard InChI is InChI=1S/C17H24N2OS/c1-12(2)14-6-5-7-16(8-14)20-10-15-11-21-17(19-15)9-18-13(3)4/h5-8,11-13,18H,9-10H2,1-4H3. The Hall–Kier alpha value is -1.39. The molecule has 0 aliphatic heterocycles. The summed E-state index contributed by atoms with van der Waals surface area (Å²) in [5.74, 6) is 1.43. The third-order valence-corrected chi connectivity index (χ3v) is 4.07. The van der Waals surface area contributed by atoms with Gasteiger partial charge in [0.15, 0.2) is 0 Å². The quantitative estimate of drug-likeness (QED) is 0.826. The van der Waals surface area contributed by atoms with Gasteiger partial charge in [-0.1, -0.05) is 39.8 Å². The van der Waals surface area contributed by atoms with Crippen molar-refractivity contribution < 1.29 is 4.74 Å². The van der Waals surface area contributed by atoms with Crippen LogP contribution in [0, 0.1) is 0 Å². The Morgan fingerprint density at radius 2 is 2.05 bits per heavy atom. The maximum atomic E-state index is 5.85. The fourth-order valence-electron chi connectivity index (χ4n) is 1.91. The van der Waals surface area contributed by atoms with Gasteiger partial charge in [0.2, 0.25) is 0 Å². The number of rotatable bonds is 7. The average molecular weight is 304 g/mol. The normalized spacial score (nSPS) is 11.3. The van der Waals surface area contributed by atoms with Crippen LogP contribution >= 0.6 is 11.3 Å². The molecule has 0 atom stereocenters. The lowest BCUT2D eigenvalue weighted by Crippen LogP contribution is -2.21. The number of aromatic nitrogens is 1. The molecule has 0 radical (unpaired) electrons. The summed E-state index contributed by atoms with van der Waals surface area (Å²) in [4.78, 5) is 4.59. The molecule has 2 aromatic rings. The molecule has 114 valence electrons. The van der Waals surface area contributed by atoms with Crippen molar-refractivity contribution in [2.45, 2.75) is 52.8 Å². The lowest BCUT2D eigenvalue weighted by atomic mass is 10.0. The molecule has 4 heteroatoms. The van der Waals surface area contributed by atoms with Crippen molar-refractivity contribution in [2.24, 2.45) is 0 Å². The van der Waals surface area contributed by atoms with Crippen molar-refractivity contribution in [3.8, 4) is 5.75 Å². The lowest BCUT2D eigenvalue weighted by molar-refractivity contribution is 0.301. The summed E-state index contributed by atoms with van der Waals surface area (Å²) >= 11 is 1.68. The Kier molecular flexibility index (Phi) is 5.76. The predicted octanol–water partition coefficient (Wildman–Crippen LogP) is 4.34. The molecule has 0 unspecified atom stereocenters. The van der Waals surface area contributed by atoms with E-state index in [1.807, 2.05) is 12.1 Å². The van der Waals surface area contributed by atoms with E-state index in [0.29, 0.717) is 18.6 Å². The molecule has 1 aromatic carbocycles. The maximum absolute atomic E-state index is 5.85. The highest BCUT2D eigenvalue weighted by molar-refractivity contribution is 7.09. The van der Waals surface area contributed by atoms with Gasteiger partial charge >= 0.3 is 0 Å². The Labute approximate surface area is 131 Å². The van der Waals surface area contributed by atoms with Gasteiger partial charge < -0.3 is 10.1 Å². The minimum Gasteiger partial charge on any atom is -0.487 e. The fourth-order valence-corrected chi connectivity index (χ4v) is 2.64. The monoisotopic (exact) mass is 304 g/mol. The molecule has 1 N–H and O–H groups in total. The van der Waals surface area contributed by atoms with E-state index in [0.717, 1.165) is 23.0 Å². The van der Waals surface area contributed by atoms with Gasteiger partial charge in [-0.25, -0.2) is 4.98 Å². The summed E-state index contributed by atoms with van der Waals surface area (Å²) in [6, 6.07) is 8.77.